The third kappa shape index (κ3) is 6.87. The van der Waals surface area contributed by atoms with Crippen molar-refractivity contribution in [3.63, 3.8) is 0 Å². The maximum absolute atomic E-state index is 13.1. The summed E-state index contributed by atoms with van der Waals surface area (Å²) in [6, 6.07) is 14.9. The summed E-state index contributed by atoms with van der Waals surface area (Å²) in [5.41, 5.74) is 0.997. The minimum Gasteiger partial charge on any atom is -0.476 e. The van der Waals surface area contributed by atoms with Gasteiger partial charge >= 0.3 is 12.1 Å². The Morgan fingerprint density at radius 1 is 1.00 bits per heavy atom. The highest BCUT2D eigenvalue weighted by atomic mass is 19.4. The Hall–Kier alpha value is -3.88. The number of pyridine rings is 1. The van der Waals surface area contributed by atoms with Crippen LogP contribution in [0.1, 0.15) is 48.0 Å². The summed E-state index contributed by atoms with van der Waals surface area (Å²) in [7, 11) is 1.65. The number of carbonyl (C=O) groups is 2. The number of aryl methyl sites for hydroxylation is 1. The van der Waals surface area contributed by atoms with Crippen LogP contribution in [-0.4, -0.2) is 41.0 Å². The number of aromatic nitrogens is 1. The van der Waals surface area contributed by atoms with Gasteiger partial charge in [0.2, 0.25) is 0 Å². The van der Waals surface area contributed by atoms with E-state index >= 15 is 0 Å². The lowest BCUT2D eigenvalue weighted by molar-refractivity contribution is -0.158. The highest BCUT2D eigenvalue weighted by molar-refractivity contribution is 5.94. The molecule has 37 heavy (non-hydrogen) atoms. The molecule has 196 valence electrons. The van der Waals surface area contributed by atoms with Gasteiger partial charge in [-0.15, -0.1) is 0 Å². The second-order valence-electron chi connectivity index (χ2n) is 9.04. The van der Waals surface area contributed by atoms with Gasteiger partial charge in [-0.3, -0.25) is 9.78 Å². The Balaban J connectivity index is 1.71. The first-order valence-electron chi connectivity index (χ1n) is 11.7. The first-order valence-corrected chi connectivity index (χ1v) is 11.7. The smallest absolute Gasteiger partial charge is 0.416 e. The van der Waals surface area contributed by atoms with Crippen molar-refractivity contribution >= 4 is 11.9 Å². The third-order valence-electron chi connectivity index (χ3n) is 5.68. The first kappa shape index (κ1) is 27.7. The van der Waals surface area contributed by atoms with Crippen molar-refractivity contribution in [2.24, 2.45) is 0 Å². The Kier molecular flexibility index (Phi) is 8.25. The predicted octanol–water partition coefficient (Wildman–Crippen LogP) is 6.07. The number of rotatable bonds is 8. The molecule has 0 unspecified atom stereocenters. The number of halogens is 3. The van der Waals surface area contributed by atoms with Gasteiger partial charge in [-0.25, -0.2) is 4.79 Å². The largest absolute Gasteiger partial charge is 0.476 e. The Morgan fingerprint density at radius 2 is 1.68 bits per heavy atom. The Morgan fingerprint density at radius 3 is 2.27 bits per heavy atom. The van der Waals surface area contributed by atoms with E-state index in [1.807, 2.05) is 0 Å². The standard InChI is InChI=1S/C28H29F3N2O4/c1-6-36-26(35)27(3,4)37-23-9-7-8-20(16-23)25(34)33(5)17-21-12-15-24(32-18(21)2)19-10-13-22(14-11-19)28(29,30)31/h7-16H,6,17H2,1-5H3. The number of amides is 1. The van der Waals surface area contributed by atoms with Crippen LogP contribution in [0.25, 0.3) is 11.3 Å². The number of ether oxygens (including phenoxy) is 2. The van der Waals surface area contributed by atoms with E-state index in [9.17, 15) is 22.8 Å². The van der Waals surface area contributed by atoms with Gasteiger partial charge in [0.1, 0.15) is 5.75 Å². The van der Waals surface area contributed by atoms with Crippen molar-refractivity contribution < 1.29 is 32.2 Å². The van der Waals surface area contributed by atoms with Crippen LogP contribution in [0.3, 0.4) is 0 Å². The zero-order valence-corrected chi connectivity index (χ0v) is 21.3. The molecule has 1 amide bonds. The van der Waals surface area contributed by atoms with Crippen LogP contribution < -0.4 is 4.74 Å². The van der Waals surface area contributed by atoms with E-state index in [1.54, 1.807) is 71.1 Å². The van der Waals surface area contributed by atoms with Gasteiger partial charge in [0.25, 0.3) is 5.91 Å². The van der Waals surface area contributed by atoms with Crippen molar-refractivity contribution in [3.8, 4) is 17.0 Å². The molecule has 0 aliphatic carbocycles. The average molecular weight is 515 g/mol. The molecule has 0 fully saturated rings. The van der Waals surface area contributed by atoms with Gasteiger partial charge in [-0.05, 0) is 69.7 Å². The van der Waals surface area contributed by atoms with Crippen LogP contribution in [0.15, 0.2) is 60.7 Å². The second-order valence-corrected chi connectivity index (χ2v) is 9.04. The summed E-state index contributed by atoms with van der Waals surface area (Å²) in [5, 5.41) is 0. The van der Waals surface area contributed by atoms with Gasteiger partial charge in [0, 0.05) is 30.4 Å². The molecule has 0 atom stereocenters. The van der Waals surface area contributed by atoms with Gasteiger partial charge in [0.05, 0.1) is 17.9 Å². The maximum Gasteiger partial charge on any atom is 0.416 e. The molecule has 1 heterocycles. The fourth-order valence-electron chi connectivity index (χ4n) is 3.63. The molecule has 0 N–H and O–H groups in total. The molecule has 2 aromatic carbocycles. The molecule has 9 heteroatoms. The lowest BCUT2D eigenvalue weighted by Crippen LogP contribution is -2.39. The molecule has 0 bridgehead atoms. The number of esters is 1. The monoisotopic (exact) mass is 514 g/mol. The topological polar surface area (TPSA) is 68.7 Å². The molecule has 3 rings (SSSR count). The lowest BCUT2D eigenvalue weighted by atomic mass is 10.1. The molecule has 1 aromatic heterocycles. The summed E-state index contributed by atoms with van der Waals surface area (Å²) in [5.74, 6) is -0.409. The van der Waals surface area contributed by atoms with Crippen molar-refractivity contribution in [2.75, 3.05) is 13.7 Å². The molecule has 0 aliphatic rings. The van der Waals surface area contributed by atoms with Crippen LogP contribution in [-0.2, 0) is 22.3 Å². The van der Waals surface area contributed by atoms with E-state index in [4.69, 9.17) is 9.47 Å². The summed E-state index contributed by atoms with van der Waals surface area (Å²) in [6.45, 7) is 7.18. The molecule has 0 spiro atoms. The molecular formula is C28H29F3N2O4. The normalized spacial score (nSPS) is 11.7. The van der Waals surface area contributed by atoms with Crippen molar-refractivity contribution in [2.45, 2.75) is 46.0 Å². The van der Waals surface area contributed by atoms with E-state index < -0.39 is 23.3 Å². The average Bonchev–Trinajstić information content (AvgIpc) is 2.84. The Bertz CT molecular complexity index is 1270. The van der Waals surface area contributed by atoms with Crippen molar-refractivity contribution in [1.82, 2.24) is 9.88 Å². The molecular weight excluding hydrogens is 485 g/mol. The van der Waals surface area contributed by atoms with E-state index in [0.29, 0.717) is 28.3 Å². The SMILES string of the molecule is CCOC(=O)C(C)(C)Oc1cccc(C(=O)N(C)Cc2ccc(-c3ccc(C(F)(F)F)cc3)nc2C)c1. The number of carbonyl (C=O) groups excluding carboxylic acids is 2. The maximum atomic E-state index is 13.1. The zero-order valence-electron chi connectivity index (χ0n) is 21.3. The van der Waals surface area contributed by atoms with Crippen molar-refractivity contribution in [3.05, 3.63) is 83.0 Å². The van der Waals surface area contributed by atoms with E-state index in [1.165, 1.54) is 17.0 Å². The predicted molar refractivity (Wildman–Crippen MR) is 133 cm³/mol. The van der Waals surface area contributed by atoms with Crippen molar-refractivity contribution in [1.29, 1.82) is 0 Å². The number of hydrogen-bond donors (Lipinski definition) is 0. The molecule has 0 aliphatic heterocycles. The number of hydrogen-bond acceptors (Lipinski definition) is 5. The third-order valence-corrected chi connectivity index (χ3v) is 5.68. The summed E-state index contributed by atoms with van der Waals surface area (Å²) in [4.78, 5) is 31.3. The van der Waals surface area contributed by atoms with E-state index in [0.717, 1.165) is 17.7 Å². The van der Waals surface area contributed by atoms with Crippen LogP contribution >= 0.6 is 0 Å². The molecule has 0 saturated carbocycles. The molecule has 0 saturated heterocycles. The fourth-order valence-corrected chi connectivity index (χ4v) is 3.63. The molecule has 0 radical (unpaired) electrons. The van der Waals surface area contributed by atoms with Crippen LogP contribution in [0.2, 0.25) is 0 Å². The van der Waals surface area contributed by atoms with E-state index in [-0.39, 0.29) is 19.1 Å². The summed E-state index contributed by atoms with van der Waals surface area (Å²) < 4.78 is 49.3. The zero-order chi connectivity index (χ0) is 27.4. The van der Waals surface area contributed by atoms with Crippen LogP contribution in [0.5, 0.6) is 5.75 Å². The van der Waals surface area contributed by atoms with E-state index in [2.05, 4.69) is 4.98 Å². The highest BCUT2D eigenvalue weighted by Gasteiger charge is 2.32. The van der Waals surface area contributed by atoms with Crippen LogP contribution in [0, 0.1) is 6.92 Å². The number of benzene rings is 2. The molecule has 6 nitrogen and oxygen atoms in total. The van der Waals surface area contributed by atoms with Gasteiger partial charge < -0.3 is 14.4 Å². The Labute approximate surface area is 214 Å². The minimum atomic E-state index is -4.40. The fraction of sp³-hybridized carbons (Fsp3) is 0.321. The lowest BCUT2D eigenvalue weighted by Gasteiger charge is -2.24. The second kappa shape index (κ2) is 11.0. The summed E-state index contributed by atoms with van der Waals surface area (Å²) >= 11 is 0. The summed E-state index contributed by atoms with van der Waals surface area (Å²) in [6.07, 6.45) is -4.40. The van der Waals surface area contributed by atoms with Crippen LogP contribution in [0.4, 0.5) is 13.2 Å². The molecule has 3 aromatic rings. The number of nitrogens with zero attached hydrogens (tertiary/aromatic N) is 2. The first-order chi connectivity index (χ1) is 17.3. The quantitative estimate of drug-likeness (QED) is 0.342. The minimum absolute atomic E-state index is 0.231. The van der Waals surface area contributed by atoms with Gasteiger partial charge in [-0.1, -0.05) is 24.3 Å². The number of alkyl halides is 3. The van der Waals surface area contributed by atoms with Gasteiger partial charge in [-0.2, -0.15) is 13.2 Å². The van der Waals surface area contributed by atoms with Gasteiger partial charge in [0.15, 0.2) is 5.60 Å². The highest BCUT2D eigenvalue weighted by Crippen LogP contribution is 2.31.